The van der Waals surface area contributed by atoms with Crippen molar-refractivity contribution in [2.24, 2.45) is 0 Å². The van der Waals surface area contributed by atoms with Gasteiger partial charge in [0.1, 0.15) is 6.33 Å². The summed E-state index contributed by atoms with van der Waals surface area (Å²) in [5, 5.41) is 7.89. The zero-order chi connectivity index (χ0) is 8.55. The van der Waals surface area contributed by atoms with Crippen LogP contribution >= 0.6 is 11.6 Å². The van der Waals surface area contributed by atoms with E-state index in [0.29, 0.717) is 11.3 Å². The third-order valence-corrected chi connectivity index (χ3v) is 2.49. The van der Waals surface area contributed by atoms with Crippen molar-refractivity contribution < 1.29 is 4.74 Å². The summed E-state index contributed by atoms with van der Waals surface area (Å²) in [7, 11) is 0. The zero-order valence-electron chi connectivity index (χ0n) is 6.77. The highest BCUT2D eigenvalue weighted by molar-refractivity contribution is 6.28. The van der Waals surface area contributed by atoms with Gasteiger partial charge in [0.25, 0.3) is 0 Å². The van der Waals surface area contributed by atoms with Gasteiger partial charge in [0.15, 0.2) is 0 Å². The van der Waals surface area contributed by atoms with Crippen molar-refractivity contribution >= 4 is 11.6 Å². The van der Waals surface area contributed by atoms with E-state index in [9.17, 15) is 0 Å². The molecular weight excluding hydrogens is 178 g/mol. The van der Waals surface area contributed by atoms with E-state index in [1.807, 2.05) is 11.5 Å². The molecular formula is C7H10ClN3O. The molecule has 2 unspecified atom stereocenters. The first-order valence-corrected chi connectivity index (χ1v) is 4.33. The summed E-state index contributed by atoms with van der Waals surface area (Å²) >= 11 is 5.82. The first-order valence-electron chi connectivity index (χ1n) is 3.95. The maximum Gasteiger partial charge on any atom is 0.225 e. The van der Waals surface area contributed by atoms with Crippen LogP contribution < -0.4 is 0 Å². The van der Waals surface area contributed by atoms with Gasteiger partial charge in [-0.25, -0.2) is 0 Å². The van der Waals surface area contributed by atoms with Gasteiger partial charge in [-0.05, 0) is 24.9 Å². The lowest BCUT2D eigenvalue weighted by Crippen LogP contribution is -2.16. The number of nitrogens with zero attached hydrogens (tertiary/aromatic N) is 3. The van der Waals surface area contributed by atoms with E-state index in [-0.39, 0.29) is 6.10 Å². The number of halogens is 1. The first kappa shape index (κ1) is 8.01. The van der Waals surface area contributed by atoms with E-state index in [2.05, 4.69) is 10.2 Å². The Labute approximate surface area is 75.5 Å². The van der Waals surface area contributed by atoms with Crippen LogP contribution in [0.5, 0.6) is 0 Å². The van der Waals surface area contributed by atoms with E-state index >= 15 is 0 Å². The third-order valence-electron chi connectivity index (χ3n) is 2.22. The van der Waals surface area contributed by atoms with Gasteiger partial charge in [-0.2, -0.15) is 0 Å². The second-order valence-corrected chi connectivity index (χ2v) is 3.28. The lowest BCUT2D eigenvalue weighted by Gasteiger charge is -2.14. The van der Waals surface area contributed by atoms with Crippen LogP contribution in [0.15, 0.2) is 6.33 Å². The van der Waals surface area contributed by atoms with Crippen LogP contribution in [0.1, 0.15) is 19.4 Å². The fourth-order valence-electron chi connectivity index (χ4n) is 1.54. The SMILES string of the molecule is CC1OCCC1n1cnnc1Cl. The van der Waals surface area contributed by atoms with Crippen molar-refractivity contribution in [3.63, 3.8) is 0 Å². The van der Waals surface area contributed by atoms with Crippen LogP contribution in [0.3, 0.4) is 0 Å². The molecule has 12 heavy (non-hydrogen) atoms. The Bertz CT molecular complexity index is 275. The van der Waals surface area contributed by atoms with Gasteiger partial charge >= 0.3 is 0 Å². The van der Waals surface area contributed by atoms with Gasteiger partial charge < -0.3 is 4.74 Å². The monoisotopic (exact) mass is 187 g/mol. The summed E-state index contributed by atoms with van der Waals surface area (Å²) in [5.41, 5.74) is 0. The maximum atomic E-state index is 5.82. The minimum Gasteiger partial charge on any atom is -0.376 e. The normalized spacial score (nSPS) is 29.5. The summed E-state index contributed by atoms with van der Waals surface area (Å²) in [4.78, 5) is 0. The molecule has 0 bridgehead atoms. The Morgan fingerprint density at radius 1 is 1.75 bits per heavy atom. The molecule has 0 amide bonds. The lowest BCUT2D eigenvalue weighted by atomic mass is 10.1. The predicted molar refractivity (Wildman–Crippen MR) is 44.1 cm³/mol. The smallest absolute Gasteiger partial charge is 0.225 e. The number of ether oxygens (including phenoxy) is 1. The maximum absolute atomic E-state index is 5.82. The average Bonchev–Trinajstić information content (AvgIpc) is 2.59. The minimum absolute atomic E-state index is 0.207. The zero-order valence-corrected chi connectivity index (χ0v) is 7.53. The standard InChI is InChI=1S/C7H10ClN3O/c1-5-6(2-3-12-5)11-4-9-10-7(11)8/h4-6H,2-3H2,1H3. The molecule has 0 saturated carbocycles. The number of hydrogen-bond donors (Lipinski definition) is 0. The number of hydrogen-bond acceptors (Lipinski definition) is 3. The van der Waals surface area contributed by atoms with Gasteiger partial charge in [0.2, 0.25) is 5.28 Å². The summed E-state index contributed by atoms with van der Waals surface area (Å²) in [5.74, 6) is 0. The Balaban J connectivity index is 2.24. The molecule has 1 aromatic heterocycles. The van der Waals surface area contributed by atoms with Crippen molar-refractivity contribution in [1.82, 2.24) is 14.8 Å². The molecule has 5 heteroatoms. The average molecular weight is 188 g/mol. The van der Waals surface area contributed by atoms with E-state index in [1.54, 1.807) is 6.33 Å². The number of rotatable bonds is 1. The molecule has 2 heterocycles. The molecule has 0 spiro atoms. The lowest BCUT2D eigenvalue weighted by molar-refractivity contribution is 0.107. The van der Waals surface area contributed by atoms with Crippen LogP contribution in [-0.2, 0) is 4.74 Å². The summed E-state index contributed by atoms with van der Waals surface area (Å²) in [6, 6.07) is 0.299. The van der Waals surface area contributed by atoms with Crippen LogP contribution in [0, 0.1) is 0 Å². The Hall–Kier alpha value is -0.610. The largest absolute Gasteiger partial charge is 0.376 e. The topological polar surface area (TPSA) is 39.9 Å². The van der Waals surface area contributed by atoms with Gasteiger partial charge in [0, 0.05) is 6.61 Å². The second kappa shape index (κ2) is 3.03. The van der Waals surface area contributed by atoms with Gasteiger partial charge in [-0.1, -0.05) is 0 Å². The molecule has 0 aromatic carbocycles. The first-order chi connectivity index (χ1) is 5.79. The third kappa shape index (κ3) is 1.21. The minimum atomic E-state index is 0.207. The van der Waals surface area contributed by atoms with Crippen molar-refractivity contribution in [3.8, 4) is 0 Å². The molecule has 1 aliphatic rings. The molecule has 0 radical (unpaired) electrons. The van der Waals surface area contributed by atoms with Crippen molar-refractivity contribution in [2.75, 3.05) is 6.61 Å². The molecule has 1 saturated heterocycles. The van der Waals surface area contributed by atoms with E-state index in [4.69, 9.17) is 16.3 Å². The predicted octanol–water partition coefficient (Wildman–Crippen LogP) is 1.28. The fraction of sp³-hybridized carbons (Fsp3) is 0.714. The van der Waals surface area contributed by atoms with E-state index in [0.717, 1.165) is 13.0 Å². The molecule has 2 atom stereocenters. The van der Waals surface area contributed by atoms with Crippen LogP contribution in [0.4, 0.5) is 0 Å². The second-order valence-electron chi connectivity index (χ2n) is 2.94. The molecule has 1 aliphatic heterocycles. The molecule has 1 fully saturated rings. The van der Waals surface area contributed by atoms with Gasteiger partial charge in [-0.15, -0.1) is 10.2 Å². The highest BCUT2D eigenvalue weighted by Gasteiger charge is 2.27. The molecule has 1 aromatic rings. The quantitative estimate of drug-likeness (QED) is 0.665. The summed E-state index contributed by atoms with van der Waals surface area (Å²) < 4.78 is 7.27. The fourth-order valence-corrected chi connectivity index (χ4v) is 1.75. The van der Waals surface area contributed by atoms with Crippen LogP contribution in [-0.4, -0.2) is 27.5 Å². The molecule has 2 rings (SSSR count). The molecule has 0 N–H and O–H groups in total. The Morgan fingerprint density at radius 3 is 3.08 bits per heavy atom. The number of aromatic nitrogens is 3. The highest BCUT2D eigenvalue weighted by Crippen LogP contribution is 2.27. The van der Waals surface area contributed by atoms with Crippen molar-refractivity contribution in [1.29, 1.82) is 0 Å². The Morgan fingerprint density at radius 2 is 2.58 bits per heavy atom. The van der Waals surface area contributed by atoms with Crippen molar-refractivity contribution in [3.05, 3.63) is 11.6 Å². The van der Waals surface area contributed by atoms with Gasteiger partial charge in [-0.3, -0.25) is 4.57 Å². The van der Waals surface area contributed by atoms with Crippen molar-refractivity contribution in [2.45, 2.75) is 25.5 Å². The Kier molecular flexibility index (Phi) is 2.02. The van der Waals surface area contributed by atoms with Crippen LogP contribution in [0.25, 0.3) is 0 Å². The van der Waals surface area contributed by atoms with Gasteiger partial charge in [0.05, 0.1) is 12.1 Å². The van der Waals surface area contributed by atoms with Crippen LogP contribution in [0.2, 0.25) is 5.28 Å². The molecule has 4 nitrogen and oxygen atoms in total. The summed E-state index contributed by atoms with van der Waals surface area (Å²) in [6.45, 7) is 2.83. The highest BCUT2D eigenvalue weighted by atomic mass is 35.5. The molecule has 0 aliphatic carbocycles. The molecule has 66 valence electrons. The summed E-state index contributed by atoms with van der Waals surface area (Å²) in [6.07, 6.45) is 2.84. The van der Waals surface area contributed by atoms with E-state index in [1.165, 1.54) is 0 Å². The van der Waals surface area contributed by atoms with E-state index < -0.39 is 0 Å².